The summed E-state index contributed by atoms with van der Waals surface area (Å²) in [6, 6.07) is 3.73. The minimum absolute atomic E-state index is 0.0654. The fraction of sp³-hybridized carbons (Fsp3) is 0.364. The van der Waals surface area contributed by atoms with E-state index in [4.69, 9.17) is 21.5 Å². The highest BCUT2D eigenvalue weighted by Gasteiger charge is 2.20. The Morgan fingerprint density at radius 3 is 2.74 bits per heavy atom. The van der Waals surface area contributed by atoms with Crippen molar-refractivity contribution in [1.82, 2.24) is 5.32 Å². The van der Waals surface area contributed by atoms with Crippen LogP contribution in [0.5, 0.6) is 0 Å². The highest BCUT2D eigenvalue weighted by molar-refractivity contribution is 7.89. The molecule has 0 spiro atoms. The van der Waals surface area contributed by atoms with E-state index in [1.54, 1.807) is 0 Å². The topological polar surface area (TPSA) is 98.5 Å². The lowest BCUT2D eigenvalue weighted by Gasteiger charge is -2.11. The predicted molar refractivity (Wildman–Crippen MR) is 69.5 cm³/mol. The molecule has 1 saturated heterocycles. The fourth-order valence-corrected chi connectivity index (χ4v) is 2.66. The molecule has 104 valence electrons. The molecule has 0 bridgehead atoms. The number of hydrogen-bond acceptors (Lipinski definition) is 4. The molecule has 1 aromatic carbocycles. The number of amides is 1. The van der Waals surface area contributed by atoms with Crippen molar-refractivity contribution in [3.63, 3.8) is 0 Å². The Morgan fingerprint density at radius 2 is 2.16 bits per heavy atom. The quantitative estimate of drug-likeness (QED) is 0.850. The molecular formula is C11H13ClN2O4S. The molecule has 1 amide bonds. The number of ether oxygens (including phenoxy) is 1. The van der Waals surface area contributed by atoms with Crippen molar-refractivity contribution in [3.8, 4) is 0 Å². The zero-order valence-electron chi connectivity index (χ0n) is 9.93. The maximum absolute atomic E-state index is 12.0. The second-order valence-electron chi connectivity index (χ2n) is 4.25. The van der Waals surface area contributed by atoms with Gasteiger partial charge >= 0.3 is 0 Å². The molecular weight excluding hydrogens is 292 g/mol. The van der Waals surface area contributed by atoms with Gasteiger partial charge in [0.15, 0.2) is 0 Å². The van der Waals surface area contributed by atoms with Crippen LogP contribution in [-0.2, 0) is 14.8 Å². The number of carbonyl (C=O) groups excluding carboxylic acids is 1. The SMILES string of the molecule is NS(=O)(=O)c1cc(Cl)cc(C(=O)NC2CCOC2)c1. The van der Waals surface area contributed by atoms with Crippen LogP contribution in [0.3, 0.4) is 0 Å². The third kappa shape index (κ3) is 3.66. The smallest absolute Gasteiger partial charge is 0.251 e. The summed E-state index contributed by atoms with van der Waals surface area (Å²) in [5.74, 6) is -0.400. The number of nitrogens with two attached hydrogens (primary N) is 1. The van der Waals surface area contributed by atoms with E-state index >= 15 is 0 Å². The van der Waals surface area contributed by atoms with Gasteiger partial charge in [-0.05, 0) is 24.6 Å². The van der Waals surface area contributed by atoms with Crippen LogP contribution in [0.15, 0.2) is 23.1 Å². The molecule has 1 heterocycles. The maximum atomic E-state index is 12.0. The minimum Gasteiger partial charge on any atom is -0.379 e. The first-order chi connectivity index (χ1) is 8.86. The lowest BCUT2D eigenvalue weighted by molar-refractivity contribution is 0.0929. The third-order valence-electron chi connectivity index (χ3n) is 2.73. The number of nitrogens with one attached hydrogen (secondary N) is 1. The molecule has 2 rings (SSSR count). The van der Waals surface area contributed by atoms with Crippen molar-refractivity contribution in [2.24, 2.45) is 5.14 Å². The zero-order valence-corrected chi connectivity index (χ0v) is 11.5. The van der Waals surface area contributed by atoms with E-state index in [9.17, 15) is 13.2 Å². The molecule has 1 fully saturated rings. The molecule has 1 aliphatic heterocycles. The zero-order chi connectivity index (χ0) is 14.0. The van der Waals surface area contributed by atoms with Crippen molar-refractivity contribution >= 4 is 27.5 Å². The van der Waals surface area contributed by atoms with Crippen molar-refractivity contribution in [2.75, 3.05) is 13.2 Å². The lowest BCUT2D eigenvalue weighted by Crippen LogP contribution is -2.35. The number of primary sulfonamides is 1. The molecule has 1 unspecified atom stereocenters. The minimum atomic E-state index is -3.90. The molecule has 0 radical (unpaired) electrons. The van der Waals surface area contributed by atoms with Crippen molar-refractivity contribution in [3.05, 3.63) is 28.8 Å². The summed E-state index contributed by atoms with van der Waals surface area (Å²) in [5, 5.41) is 7.90. The number of sulfonamides is 1. The monoisotopic (exact) mass is 304 g/mol. The molecule has 0 aliphatic carbocycles. The van der Waals surface area contributed by atoms with Gasteiger partial charge in [-0.2, -0.15) is 0 Å². The van der Waals surface area contributed by atoms with Crippen LogP contribution in [0, 0.1) is 0 Å². The van der Waals surface area contributed by atoms with Gasteiger partial charge in [0.1, 0.15) is 0 Å². The first kappa shape index (κ1) is 14.3. The molecule has 1 aliphatic rings. The Bertz CT molecular complexity index is 597. The van der Waals surface area contributed by atoms with E-state index in [0.29, 0.717) is 13.2 Å². The van der Waals surface area contributed by atoms with Crippen molar-refractivity contribution in [1.29, 1.82) is 0 Å². The Morgan fingerprint density at radius 1 is 1.42 bits per heavy atom. The molecule has 19 heavy (non-hydrogen) atoms. The van der Waals surface area contributed by atoms with Gasteiger partial charge in [-0.3, -0.25) is 4.79 Å². The van der Waals surface area contributed by atoms with Gasteiger partial charge in [-0.1, -0.05) is 11.6 Å². The number of hydrogen-bond donors (Lipinski definition) is 2. The highest BCUT2D eigenvalue weighted by Crippen LogP contribution is 2.18. The summed E-state index contributed by atoms with van der Waals surface area (Å²) in [6.07, 6.45) is 0.731. The van der Waals surface area contributed by atoms with Crippen LogP contribution in [-0.4, -0.2) is 33.6 Å². The predicted octanol–water partition coefficient (Wildman–Crippen LogP) is 0.506. The first-order valence-corrected chi connectivity index (χ1v) is 7.51. The highest BCUT2D eigenvalue weighted by atomic mass is 35.5. The fourth-order valence-electron chi connectivity index (χ4n) is 1.78. The van der Waals surface area contributed by atoms with E-state index in [1.807, 2.05) is 0 Å². The Kier molecular flexibility index (Phi) is 4.10. The molecule has 3 N–H and O–H groups in total. The summed E-state index contributed by atoms with van der Waals surface area (Å²) in [6.45, 7) is 1.05. The van der Waals surface area contributed by atoms with Crippen LogP contribution >= 0.6 is 11.6 Å². The lowest BCUT2D eigenvalue weighted by atomic mass is 10.2. The second kappa shape index (κ2) is 5.46. The van der Waals surface area contributed by atoms with Gasteiger partial charge in [0, 0.05) is 17.2 Å². The van der Waals surface area contributed by atoms with Crippen LogP contribution in [0.1, 0.15) is 16.8 Å². The number of halogens is 1. The molecule has 6 nitrogen and oxygen atoms in total. The Hall–Kier alpha value is -1.15. The van der Waals surface area contributed by atoms with Crippen LogP contribution < -0.4 is 10.5 Å². The second-order valence-corrected chi connectivity index (χ2v) is 6.25. The normalized spacial score (nSPS) is 19.4. The summed E-state index contributed by atoms with van der Waals surface area (Å²) in [5.41, 5.74) is 0.156. The van der Waals surface area contributed by atoms with Gasteiger partial charge in [-0.25, -0.2) is 13.6 Å². The van der Waals surface area contributed by atoms with Gasteiger partial charge < -0.3 is 10.1 Å². The number of benzene rings is 1. The van der Waals surface area contributed by atoms with Crippen molar-refractivity contribution < 1.29 is 17.9 Å². The molecule has 8 heteroatoms. The van der Waals surface area contributed by atoms with E-state index in [2.05, 4.69) is 5.32 Å². The Balaban J connectivity index is 2.24. The average molecular weight is 305 g/mol. The van der Waals surface area contributed by atoms with E-state index in [0.717, 1.165) is 6.42 Å². The summed E-state index contributed by atoms with van der Waals surface area (Å²) in [7, 11) is -3.90. The molecule has 1 atom stereocenters. The number of rotatable bonds is 3. The van der Waals surface area contributed by atoms with Crippen LogP contribution in [0.4, 0.5) is 0 Å². The van der Waals surface area contributed by atoms with E-state index in [-0.39, 0.29) is 21.5 Å². The molecule has 0 aromatic heterocycles. The summed E-state index contributed by atoms with van der Waals surface area (Å²) in [4.78, 5) is 11.8. The Labute approximate surface area is 115 Å². The standard InChI is InChI=1S/C11H13ClN2O4S/c12-8-3-7(4-10(5-8)19(13,16)17)11(15)14-9-1-2-18-6-9/h3-5,9H,1-2,6H2,(H,14,15)(H2,13,16,17). The van der Waals surface area contributed by atoms with Crippen LogP contribution in [0.2, 0.25) is 5.02 Å². The van der Waals surface area contributed by atoms with Gasteiger partial charge in [0.2, 0.25) is 10.0 Å². The summed E-state index contributed by atoms with van der Waals surface area (Å²) >= 11 is 5.79. The number of carbonyl (C=O) groups is 1. The average Bonchev–Trinajstić information content (AvgIpc) is 2.79. The van der Waals surface area contributed by atoms with E-state index in [1.165, 1.54) is 18.2 Å². The van der Waals surface area contributed by atoms with Gasteiger partial charge in [0.05, 0.1) is 17.5 Å². The summed E-state index contributed by atoms with van der Waals surface area (Å²) < 4.78 is 27.7. The van der Waals surface area contributed by atoms with E-state index < -0.39 is 15.9 Å². The molecule has 0 saturated carbocycles. The largest absolute Gasteiger partial charge is 0.379 e. The molecule has 1 aromatic rings. The van der Waals surface area contributed by atoms with Crippen molar-refractivity contribution in [2.45, 2.75) is 17.4 Å². The van der Waals surface area contributed by atoms with Crippen LogP contribution in [0.25, 0.3) is 0 Å². The third-order valence-corrected chi connectivity index (χ3v) is 3.84. The first-order valence-electron chi connectivity index (χ1n) is 5.58. The van der Waals surface area contributed by atoms with Gasteiger partial charge in [-0.15, -0.1) is 0 Å². The van der Waals surface area contributed by atoms with Gasteiger partial charge in [0.25, 0.3) is 5.91 Å². The maximum Gasteiger partial charge on any atom is 0.251 e.